The molecule has 4 nitrogen and oxygen atoms in total. The van der Waals surface area contributed by atoms with Gasteiger partial charge in [0.15, 0.2) is 0 Å². The van der Waals surface area contributed by atoms with Crippen LogP contribution in [0.1, 0.15) is 16.0 Å². The Labute approximate surface area is 123 Å². The molecule has 0 bridgehead atoms. The molecule has 0 spiro atoms. The van der Waals surface area contributed by atoms with Gasteiger partial charge in [0.05, 0.1) is 6.61 Å². The monoisotopic (exact) mass is 311 g/mol. The Kier molecular flexibility index (Phi) is 4.59. The van der Waals surface area contributed by atoms with E-state index in [0.29, 0.717) is 11.4 Å². The van der Waals surface area contributed by atoms with Crippen molar-refractivity contribution in [3.63, 3.8) is 0 Å². The smallest absolute Gasteiger partial charge is 0.252 e. The maximum Gasteiger partial charge on any atom is 0.252 e. The van der Waals surface area contributed by atoms with Crippen molar-refractivity contribution in [3.8, 4) is 0 Å². The third-order valence-corrected chi connectivity index (χ3v) is 6.45. The van der Waals surface area contributed by atoms with Crippen molar-refractivity contribution in [2.24, 2.45) is 0 Å². The summed E-state index contributed by atoms with van der Waals surface area (Å²) in [5.74, 6) is 0. The van der Waals surface area contributed by atoms with Crippen LogP contribution in [0.15, 0.2) is 40.6 Å². The second kappa shape index (κ2) is 6.05. The van der Waals surface area contributed by atoms with E-state index >= 15 is 0 Å². The van der Waals surface area contributed by atoms with Gasteiger partial charge in [-0.3, -0.25) is 0 Å². The zero-order chi connectivity index (χ0) is 14.8. The van der Waals surface area contributed by atoms with Crippen LogP contribution in [0.3, 0.4) is 0 Å². The van der Waals surface area contributed by atoms with E-state index in [1.165, 1.54) is 4.31 Å². The van der Waals surface area contributed by atoms with Crippen molar-refractivity contribution in [1.82, 2.24) is 4.31 Å². The first-order valence-electron chi connectivity index (χ1n) is 6.15. The molecule has 6 heteroatoms. The van der Waals surface area contributed by atoms with Gasteiger partial charge in [0.1, 0.15) is 4.21 Å². The Hall–Kier alpha value is -1.21. The van der Waals surface area contributed by atoms with Crippen LogP contribution < -0.4 is 0 Å². The average Bonchev–Trinajstić information content (AvgIpc) is 2.90. The molecule has 0 aliphatic heterocycles. The number of hydrogen-bond donors (Lipinski definition) is 1. The molecule has 0 saturated carbocycles. The summed E-state index contributed by atoms with van der Waals surface area (Å²) in [5.41, 5.74) is 2.05. The third-order valence-electron chi connectivity index (χ3n) is 3.11. The fourth-order valence-corrected chi connectivity index (χ4v) is 4.42. The molecule has 1 aromatic carbocycles. The Bertz CT molecular complexity index is 692. The van der Waals surface area contributed by atoms with E-state index in [0.717, 1.165) is 22.5 Å². The summed E-state index contributed by atoms with van der Waals surface area (Å²) in [6.45, 7) is 2.16. The lowest BCUT2D eigenvalue weighted by Crippen LogP contribution is -2.26. The predicted octanol–water partition coefficient (Wildman–Crippen LogP) is 2.37. The van der Waals surface area contributed by atoms with Crippen molar-refractivity contribution in [1.29, 1.82) is 0 Å². The first kappa shape index (κ1) is 15.2. The summed E-state index contributed by atoms with van der Waals surface area (Å²) in [4.78, 5) is 0.646. The molecule has 0 saturated heterocycles. The second-order valence-corrected chi connectivity index (χ2v) is 8.01. The van der Waals surface area contributed by atoms with Crippen LogP contribution in [0.4, 0.5) is 0 Å². The molecule has 0 aliphatic carbocycles. The Morgan fingerprint density at radius 2 is 1.90 bits per heavy atom. The molecule has 0 aliphatic rings. The van der Waals surface area contributed by atoms with Crippen molar-refractivity contribution in [2.75, 3.05) is 7.05 Å². The van der Waals surface area contributed by atoms with Crippen LogP contribution in [0, 0.1) is 6.92 Å². The van der Waals surface area contributed by atoms with Gasteiger partial charge >= 0.3 is 0 Å². The van der Waals surface area contributed by atoms with E-state index in [4.69, 9.17) is 5.11 Å². The Morgan fingerprint density at radius 3 is 2.50 bits per heavy atom. The van der Waals surface area contributed by atoms with Crippen LogP contribution in [-0.2, 0) is 23.2 Å². The van der Waals surface area contributed by atoms with Gasteiger partial charge in [-0.15, -0.1) is 11.3 Å². The zero-order valence-corrected chi connectivity index (χ0v) is 13.0. The molecule has 1 N–H and O–H groups in total. The summed E-state index contributed by atoms with van der Waals surface area (Å²) < 4.78 is 26.5. The maximum atomic E-state index is 12.4. The highest BCUT2D eigenvalue weighted by Crippen LogP contribution is 2.25. The van der Waals surface area contributed by atoms with E-state index in [2.05, 4.69) is 0 Å². The van der Waals surface area contributed by atoms with Gasteiger partial charge in [0, 0.05) is 18.5 Å². The minimum atomic E-state index is -3.50. The summed E-state index contributed by atoms with van der Waals surface area (Å²) in [5, 5.41) is 9.03. The van der Waals surface area contributed by atoms with Gasteiger partial charge in [-0.05, 0) is 30.2 Å². The van der Waals surface area contributed by atoms with Crippen LogP contribution >= 0.6 is 11.3 Å². The highest BCUT2D eigenvalue weighted by Gasteiger charge is 2.23. The second-order valence-electron chi connectivity index (χ2n) is 4.57. The number of aryl methyl sites for hydroxylation is 1. The maximum absolute atomic E-state index is 12.4. The highest BCUT2D eigenvalue weighted by atomic mass is 32.2. The predicted molar refractivity (Wildman–Crippen MR) is 80.1 cm³/mol. The van der Waals surface area contributed by atoms with Crippen LogP contribution in [0.25, 0.3) is 0 Å². The van der Waals surface area contributed by atoms with Crippen molar-refractivity contribution in [3.05, 3.63) is 52.4 Å². The topological polar surface area (TPSA) is 57.6 Å². The number of benzene rings is 1. The number of sulfonamides is 1. The zero-order valence-electron chi connectivity index (χ0n) is 11.4. The number of hydrogen-bond acceptors (Lipinski definition) is 4. The van der Waals surface area contributed by atoms with E-state index in [9.17, 15) is 8.42 Å². The standard InChI is InChI=1S/C14H17NO3S2/c1-11-5-3-4-6-12(11)9-15(2)20(17,18)14-8-7-13(10-16)19-14/h3-8,16H,9-10H2,1-2H3. The molecule has 2 rings (SSSR count). The quantitative estimate of drug-likeness (QED) is 0.922. The molecule has 0 atom stereocenters. The molecule has 1 heterocycles. The fraction of sp³-hybridized carbons (Fsp3) is 0.286. The van der Waals surface area contributed by atoms with E-state index in [-0.39, 0.29) is 10.8 Å². The van der Waals surface area contributed by atoms with Crippen molar-refractivity contribution in [2.45, 2.75) is 24.3 Å². The summed E-state index contributed by atoms with van der Waals surface area (Å²) in [6.07, 6.45) is 0. The Balaban J connectivity index is 2.23. The molecule has 0 fully saturated rings. The molecule has 20 heavy (non-hydrogen) atoms. The number of nitrogens with zero attached hydrogens (tertiary/aromatic N) is 1. The van der Waals surface area contributed by atoms with Crippen molar-refractivity contribution < 1.29 is 13.5 Å². The highest BCUT2D eigenvalue weighted by molar-refractivity contribution is 7.91. The van der Waals surface area contributed by atoms with E-state index in [1.807, 2.05) is 31.2 Å². The van der Waals surface area contributed by atoms with E-state index < -0.39 is 10.0 Å². The molecule has 0 unspecified atom stereocenters. The first-order chi connectivity index (χ1) is 9.45. The lowest BCUT2D eigenvalue weighted by atomic mass is 10.1. The lowest BCUT2D eigenvalue weighted by Gasteiger charge is -2.17. The molecule has 1 aromatic heterocycles. The number of rotatable bonds is 5. The Morgan fingerprint density at radius 1 is 1.20 bits per heavy atom. The van der Waals surface area contributed by atoms with Crippen LogP contribution in [-0.4, -0.2) is 24.9 Å². The summed E-state index contributed by atoms with van der Waals surface area (Å²) in [7, 11) is -1.93. The van der Waals surface area contributed by atoms with Gasteiger partial charge in [-0.25, -0.2) is 8.42 Å². The molecular weight excluding hydrogens is 294 g/mol. The third kappa shape index (κ3) is 3.09. The largest absolute Gasteiger partial charge is 0.391 e. The van der Waals surface area contributed by atoms with E-state index in [1.54, 1.807) is 19.2 Å². The minimum Gasteiger partial charge on any atom is -0.391 e. The average molecular weight is 311 g/mol. The fourth-order valence-electron chi connectivity index (χ4n) is 1.85. The van der Waals surface area contributed by atoms with Crippen LogP contribution in [0.2, 0.25) is 0 Å². The number of thiophene rings is 1. The molecular formula is C14H17NO3S2. The lowest BCUT2D eigenvalue weighted by molar-refractivity contribution is 0.285. The molecule has 0 amide bonds. The summed E-state index contributed by atoms with van der Waals surface area (Å²) >= 11 is 1.10. The number of aliphatic hydroxyl groups is 1. The van der Waals surface area contributed by atoms with Crippen LogP contribution in [0.5, 0.6) is 0 Å². The SMILES string of the molecule is Cc1ccccc1CN(C)S(=O)(=O)c1ccc(CO)s1. The first-order valence-corrected chi connectivity index (χ1v) is 8.41. The summed E-state index contributed by atoms with van der Waals surface area (Å²) in [6, 6.07) is 10.9. The molecule has 108 valence electrons. The van der Waals surface area contributed by atoms with Gasteiger partial charge in [0.2, 0.25) is 0 Å². The minimum absolute atomic E-state index is 0.137. The van der Waals surface area contributed by atoms with Gasteiger partial charge < -0.3 is 5.11 Å². The van der Waals surface area contributed by atoms with Gasteiger partial charge in [0.25, 0.3) is 10.0 Å². The van der Waals surface area contributed by atoms with Gasteiger partial charge in [-0.2, -0.15) is 4.31 Å². The van der Waals surface area contributed by atoms with Gasteiger partial charge in [-0.1, -0.05) is 24.3 Å². The normalized spacial score (nSPS) is 12.0. The number of aliphatic hydroxyl groups excluding tert-OH is 1. The molecule has 0 radical (unpaired) electrons. The molecule has 2 aromatic rings. The van der Waals surface area contributed by atoms with Crippen molar-refractivity contribution >= 4 is 21.4 Å².